The average molecular weight is 303 g/mol. The SMILES string of the molecule is O=C=NCCCC1CC2(CN=C=O)CC1CC2CCN=C=O. The summed E-state index contributed by atoms with van der Waals surface area (Å²) in [7, 11) is 0. The standard InChI is InChI=1S/C16H21N3O3/c20-10-17-4-1-2-13-7-16(9-19-12-22)8-14(13)6-15(16)3-5-18-11-21/h13-15H,1-9H2. The highest BCUT2D eigenvalue weighted by Gasteiger charge is 2.55. The molecule has 2 aliphatic carbocycles. The van der Waals surface area contributed by atoms with E-state index in [0.29, 0.717) is 37.4 Å². The summed E-state index contributed by atoms with van der Waals surface area (Å²) < 4.78 is 0. The van der Waals surface area contributed by atoms with Gasteiger partial charge in [-0.1, -0.05) is 0 Å². The number of rotatable bonds is 9. The van der Waals surface area contributed by atoms with Crippen LogP contribution in [0.3, 0.4) is 0 Å². The fraction of sp³-hybridized carbons (Fsp3) is 0.812. The zero-order valence-electron chi connectivity index (χ0n) is 12.7. The Morgan fingerprint density at radius 1 is 0.909 bits per heavy atom. The van der Waals surface area contributed by atoms with E-state index in [9.17, 15) is 14.4 Å². The Balaban J connectivity index is 1.97. The van der Waals surface area contributed by atoms with E-state index in [2.05, 4.69) is 15.0 Å². The van der Waals surface area contributed by atoms with Gasteiger partial charge >= 0.3 is 0 Å². The number of hydrogen-bond donors (Lipinski definition) is 0. The van der Waals surface area contributed by atoms with Crippen LogP contribution in [0.5, 0.6) is 0 Å². The Labute approximate surface area is 129 Å². The van der Waals surface area contributed by atoms with Crippen molar-refractivity contribution in [3.63, 3.8) is 0 Å². The molecule has 2 rings (SSSR count). The third-order valence-corrected chi connectivity index (χ3v) is 5.48. The molecule has 6 nitrogen and oxygen atoms in total. The normalized spacial score (nSPS) is 31.9. The topological polar surface area (TPSA) is 88.3 Å². The van der Waals surface area contributed by atoms with Gasteiger partial charge in [0.05, 0.1) is 19.6 Å². The maximum Gasteiger partial charge on any atom is 0.234 e. The van der Waals surface area contributed by atoms with Crippen molar-refractivity contribution in [1.29, 1.82) is 0 Å². The second-order valence-corrected chi connectivity index (χ2v) is 6.51. The summed E-state index contributed by atoms with van der Waals surface area (Å²) in [5.41, 5.74) is 0.0685. The average Bonchev–Trinajstić information content (AvgIpc) is 3.05. The van der Waals surface area contributed by atoms with Crippen LogP contribution in [0.15, 0.2) is 15.0 Å². The van der Waals surface area contributed by atoms with Gasteiger partial charge in [0, 0.05) is 0 Å². The quantitative estimate of drug-likeness (QED) is 0.371. The molecule has 0 heterocycles. The second kappa shape index (κ2) is 7.95. The minimum absolute atomic E-state index is 0.0685. The summed E-state index contributed by atoms with van der Waals surface area (Å²) in [6.07, 6.45) is 10.9. The van der Waals surface area contributed by atoms with Crippen molar-refractivity contribution < 1.29 is 14.4 Å². The van der Waals surface area contributed by atoms with E-state index in [0.717, 1.165) is 38.5 Å². The van der Waals surface area contributed by atoms with Crippen LogP contribution in [0.25, 0.3) is 0 Å². The number of aliphatic imine (C=N–C) groups is 3. The Morgan fingerprint density at radius 3 is 2.36 bits per heavy atom. The van der Waals surface area contributed by atoms with E-state index in [1.807, 2.05) is 0 Å². The number of fused-ring (bicyclic) bond motifs is 2. The maximum atomic E-state index is 10.5. The molecule has 0 saturated heterocycles. The molecule has 2 fully saturated rings. The van der Waals surface area contributed by atoms with Gasteiger partial charge in [0.2, 0.25) is 18.2 Å². The van der Waals surface area contributed by atoms with Crippen molar-refractivity contribution in [2.75, 3.05) is 19.6 Å². The zero-order chi connectivity index (χ0) is 15.8. The Morgan fingerprint density at radius 2 is 1.64 bits per heavy atom. The molecular weight excluding hydrogens is 282 g/mol. The third-order valence-electron chi connectivity index (χ3n) is 5.48. The lowest BCUT2D eigenvalue weighted by atomic mass is 9.70. The van der Waals surface area contributed by atoms with Crippen molar-refractivity contribution in [2.45, 2.75) is 38.5 Å². The van der Waals surface area contributed by atoms with Crippen LogP contribution in [0.2, 0.25) is 0 Å². The Hall–Kier alpha value is -1.86. The number of isocyanates is 3. The lowest BCUT2D eigenvalue weighted by Crippen LogP contribution is -2.31. The summed E-state index contributed by atoms with van der Waals surface area (Å²) in [6.45, 7) is 1.58. The molecule has 0 aromatic rings. The maximum absolute atomic E-state index is 10.5. The molecule has 0 aliphatic heterocycles. The largest absolute Gasteiger partial charge is 0.234 e. The highest BCUT2D eigenvalue weighted by Crippen LogP contribution is 2.62. The van der Waals surface area contributed by atoms with Crippen LogP contribution >= 0.6 is 0 Å². The number of nitrogens with zero attached hydrogens (tertiary/aromatic N) is 3. The number of hydrogen-bond acceptors (Lipinski definition) is 6. The summed E-state index contributed by atoms with van der Waals surface area (Å²) in [6, 6.07) is 0. The van der Waals surface area contributed by atoms with Gasteiger partial charge in [0.15, 0.2) is 0 Å². The van der Waals surface area contributed by atoms with Crippen molar-refractivity contribution in [3.05, 3.63) is 0 Å². The molecule has 4 atom stereocenters. The smallest absolute Gasteiger partial charge is 0.211 e. The first-order valence-electron chi connectivity index (χ1n) is 7.86. The van der Waals surface area contributed by atoms with Crippen molar-refractivity contribution in [2.24, 2.45) is 38.1 Å². The predicted octanol–water partition coefficient (Wildman–Crippen LogP) is 2.20. The predicted molar refractivity (Wildman–Crippen MR) is 79.6 cm³/mol. The summed E-state index contributed by atoms with van der Waals surface area (Å²) in [5.74, 6) is 1.73. The lowest BCUT2D eigenvalue weighted by molar-refractivity contribution is 0.147. The molecule has 0 aromatic heterocycles. The minimum Gasteiger partial charge on any atom is -0.211 e. The summed E-state index contributed by atoms with van der Waals surface area (Å²) in [5, 5.41) is 0. The molecule has 4 unspecified atom stereocenters. The zero-order valence-corrected chi connectivity index (χ0v) is 12.7. The highest BCUT2D eigenvalue weighted by molar-refractivity contribution is 5.33. The molecule has 2 aliphatic rings. The van der Waals surface area contributed by atoms with Gasteiger partial charge < -0.3 is 0 Å². The van der Waals surface area contributed by atoms with Crippen LogP contribution in [-0.4, -0.2) is 37.9 Å². The molecule has 0 N–H and O–H groups in total. The molecule has 2 bridgehead atoms. The van der Waals surface area contributed by atoms with E-state index >= 15 is 0 Å². The first kappa shape index (κ1) is 16.5. The molecule has 118 valence electrons. The van der Waals surface area contributed by atoms with Crippen LogP contribution in [0.4, 0.5) is 0 Å². The monoisotopic (exact) mass is 303 g/mol. The Kier molecular flexibility index (Phi) is 5.97. The van der Waals surface area contributed by atoms with E-state index in [1.165, 1.54) is 0 Å². The molecule has 2 saturated carbocycles. The van der Waals surface area contributed by atoms with Gasteiger partial charge in [-0.3, -0.25) is 0 Å². The highest BCUT2D eigenvalue weighted by atomic mass is 16.1. The van der Waals surface area contributed by atoms with E-state index in [4.69, 9.17) is 0 Å². The molecule has 0 aromatic carbocycles. The lowest BCUT2D eigenvalue weighted by Gasteiger charge is -2.36. The van der Waals surface area contributed by atoms with Crippen LogP contribution < -0.4 is 0 Å². The molecule has 0 spiro atoms. The van der Waals surface area contributed by atoms with Crippen LogP contribution in [0, 0.1) is 23.2 Å². The molecule has 0 amide bonds. The van der Waals surface area contributed by atoms with Gasteiger partial charge in [-0.15, -0.1) is 0 Å². The fourth-order valence-electron chi connectivity index (χ4n) is 4.64. The van der Waals surface area contributed by atoms with Crippen LogP contribution in [0.1, 0.15) is 38.5 Å². The van der Waals surface area contributed by atoms with Gasteiger partial charge in [-0.25, -0.2) is 29.4 Å². The summed E-state index contributed by atoms with van der Waals surface area (Å²) in [4.78, 5) is 41.9. The second-order valence-electron chi connectivity index (χ2n) is 6.51. The molecule has 6 heteroatoms. The molecule has 0 radical (unpaired) electrons. The van der Waals surface area contributed by atoms with Gasteiger partial charge in [-0.2, -0.15) is 0 Å². The van der Waals surface area contributed by atoms with Crippen molar-refractivity contribution >= 4 is 18.2 Å². The molecule has 22 heavy (non-hydrogen) atoms. The van der Waals surface area contributed by atoms with E-state index < -0.39 is 0 Å². The van der Waals surface area contributed by atoms with E-state index in [-0.39, 0.29) is 5.41 Å². The first-order valence-corrected chi connectivity index (χ1v) is 7.86. The third kappa shape index (κ3) is 3.66. The van der Waals surface area contributed by atoms with Gasteiger partial charge in [0.1, 0.15) is 0 Å². The van der Waals surface area contributed by atoms with Crippen molar-refractivity contribution in [1.82, 2.24) is 0 Å². The van der Waals surface area contributed by atoms with Crippen molar-refractivity contribution in [3.8, 4) is 0 Å². The van der Waals surface area contributed by atoms with Gasteiger partial charge in [-0.05, 0) is 61.7 Å². The molecular formula is C16H21N3O3. The van der Waals surface area contributed by atoms with Gasteiger partial charge in [0.25, 0.3) is 0 Å². The Bertz CT molecular complexity index is 531. The van der Waals surface area contributed by atoms with Crippen LogP contribution in [-0.2, 0) is 14.4 Å². The first-order chi connectivity index (χ1) is 10.8. The minimum atomic E-state index is 0.0685. The number of carbonyl (C=O) groups excluding carboxylic acids is 3. The summed E-state index contributed by atoms with van der Waals surface area (Å²) >= 11 is 0. The fourth-order valence-corrected chi connectivity index (χ4v) is 4.64. The van der Waals surface area contributed by atoms with E-state index in [1.54, 1.807) is 18.2 Å².